The Hall–Kier alpha value is -2.15. The molecule has 0 saturated heterocycles. The molecule has 1 heterocycles. The van der Waals surface area contributed by atoms with Crippen molar-refractivity contribution in [1.29, 1.82) is 0 Å². The SMILES string of the molecule is Cc1ccncc1NC(=O)NC(CCO)C(=O)O. The van der Waals surface area contributed by atoms with E-state index in [9.17, 15) is 9.59 Å². The Morgan fingerprint density at radius 1 is 1.50 bits per heavy atom. The topological polar surface area (TPSA) is 112 Å². The number of urea groups is 1. The van der Waals surface area contributed by atoms with Crippen LogP contribution in [0.3, 0.4) is 0 Å². The van der Waals surface area contributed by atoms with Crippen LogP contribution in [-0.4, -0.2) is 39.8 Å². The van der Waals surface area contributed by atoms with E-state index in [0.29, 0.717) is 5.69 Å². The number of aliphatic hydroxyl groups excluding tert-OH is 1. The molecular formula is C11H15N3O4. The minimum absolute atomic E-state index is 0.0469. The van der Waals surface area contributed by atoms with Crippen LogP contribution in [0.15, 0.2) is 18.5 Å². The number of aryl methyl sites for hydroxylation is 1. The van der Waals surface area contributed by atoms with Crippen LogP contribution in [0, 0.1) is 6.92 Å². The second kappa shape index (κ2) is 6.55. The summed E-state index contributed by atoms with van der Waals surface area (Å²) in [5.41, 5.74) is 1.32. The van der Waals surface area contributed by atoms with Gasteiger partial charge in [-0.2, -0.15) is 0 Å². The fourth-order valence-corrected chi connectivity index (χ4v) is 1.30. The number of hydrogen-bond donors (Lipinski definition) is 4. The number of carboxylic acids is 1. The Morgan fingerprint density at radius 3 is 2.78 bits per heavy atom. The lowest BCUT2D eigenvalue weighted by atomic mass is 10.2. The van der Waals surface area contributed by atoms with Gasteiger partial charge in [0.1, 0.15) is 6.04 Å². The first-order valence-electron chi connectivity index (χ1n) is 5.36. The molecule has 0 fully saturated rings. The molecule has 0 saturated carbocycles. The van der Waals surface area contributed by atoms with Gasteiger partial charge >= 0.3 is 12.0 Å². The molecule has 0 aliphatic carbocycles. The van der Waals surface area contributed by atoms with Gasteiger partial charge in [0.15, 0.2) is 0 Å². The highest BCUT2D eigenvalue weighted by Gasteiger charge is 2.19. The van der Waals surface area contributed by atoms with Crippen molar-refractivity contribution in [2.24, 2.45) is 0 Å². The third-order valence-corrected chi connectivity index (χ3v) is 2.31. The Labute approximate surface area is 104 Å². The number of amides is 2. The van der Waals surface area contributed by atoms with Crippen molar-refractivity contribution in [3.8, 4) is 0 Å². The summed E-state index contributed by atoms with van der Waals surface area (Å²) in [6.07, 6.45) is 3.01. The Balaban J connectivity index is 2.61. The highest BCUT2D eigenvalue weighted by molar-refractivity contribution is 5.92. The standard InChI is InChI=1S/C11H15N3O4/c1-7-2-4-12-6-9(7)14-11(18)13-8(3-5-15)10(16)17/h2,4,6,8,15H,3,5H2,1H3,(H,16,17)(H2,13,14,18). The van der Waals surface area contributed by atoms with Gasteiger partial charge in [-0.15, -0.1) is 0 Å². The van der Waals surface area contributed by atoms with Gasteiger partial charge in [-0.05, 0) is 18.6 Å². The normalized spacial score (nSPS) is 11.7. The van der Waals surface area contributed by atoms with Gasteiger partial charge in [-0.3, -0.25) is 4.98 Å². The summed E-state index contributed by atoms with van der Waals surface area (Å²) in [6.45, 7) is 1.48. The fourth-order valence-electron chi connectivity index (χ4n) is 1.30. The largest absolute Gasteiger partial charge is 0.480 e. The molecule has 1 unspecified atom stereocenters. The van der Waals surface area contributed by atoms with E-state index in [4.69, 9.17) is 10.2 Å². The third kappa shape index (κ3) is 4.02. The average molecular weight is 253 g/mol. The maximum Gasteiger partial charge on any atom is 0.326 e. The Bertz CT molecular complexity index is 436. The first-order chi connectivity index (χ1) is 8.54. The number of carbonyl (C=O) groups is 2. The fraction of sp³-hybridized carbons (Fsp3) is 0.364. The van der Waals surface area contributed by atoms with Crippen LogP contribution >= 0.6 is 0 Å². The van der Waals surface area contributed by atoms with Crippen molar-refractivity contribution in [2.45, 2.75) is 19.4 Å². The van der Waals surface area contributed by atoms with Gasteiger partial charge in [0, 0.05) is 19.2 Å². The smallest absolute Gasteiger partial charge is 0.326 e. The van der Waals surface area contributed by atoms with E-state index in [-0.39, 0.29) is 13.0 Å². The molecule has 0 aliphatic rings. The molecule has 4 N–H and O–H groups in total. The summed E-state index contributed by atoms with van der Waals surface area (Å²) in [5.74, 6) is -1.19. The number of carboxylic acid groups (broad SMARTS) is 1. The van der Waals surface area contributed by atoms with E-state index < -0.39 is 18.0 Å². The molecule has 7 heteroatoms. The second-order valence-electron chi connectivity index (χ2n) is 3.69. The highest BCUT2D eigenvalue weighted by atomic mass is 16.4. The van der Waals surface area contributed by atoms with Crippen LogP contribution in [0.4, 0.5) is 10.5 Å². The van der Waals surface area contributed by atoms with Crippen molar-refractivity contribution in [1.82, 2.24) is 10.3 Å². The van der Waals surface area contributed by atoms with Gasteiger partial charge in [0.05, 0.1) is 11.9 Å². The van der Waals surface area contributed by atoms with E-state index in [1.807, 2.05) is 0 Å². The van der Waals surface area contributed by atoms with Gasteiger partial charge in [-0.25, -0.2) is 9.59 Å². The number of nitrogens with zero attached hydrogens (tertiary/aromatic N) is 1. The molecule has 1 aromatic heterocycles. The van der Waals surface area contributed by atoms with Crippen molar-refractivity contribution in [3.63, 3.8) is 0 Å². The maximum atomic E-state index is 11.6. The summed E-state index contributed by atoms with van der Waals surface area (Å²) in [7, 11) is 0. The first kappa shape index (κ1) is 13.9. The number of carbonyl (C=O) groups excluding carboxylic acids is 1. The Morgan fingerprint density at radius 2 is 2.22 bits per heavy atom. The molecule has 2 amide bonds. The molecule has 0 aromatic carbocycles. The summed E-state index contributed by atoms with van der Waals surface area (Å²) in [4.78, 5) is 26.2. The molecule has 18 heavy (non-hydrogen) atoms. The predicted octanol–water partition coefficient (Wildman–Crippen LogP) is 0.347. The van der Waals surface area contributed by atoms with E-state index in [1.54, 1.807) is 19.2 Å². The molecule has 7 nitrogen and oxygen atoms in total. The van der Waals surface area contributed by atoms with Gasteiger partial charge in [0.25, 0.3) is 0 Å². The van der Waals surface area contributed by atoms with Crippen molar-refractivity contribution < 1.29 is 19.8 Å². The summed E-state index contributed by atoms with van der Waals surface area (Å²) < 4.78 is 0. The van der Waals surface area contributed by atoms with Crippen LogP contribution in [0.5, 0.6) is 0 Å². The maximum absolute atomic E-state index is 11.6. The van der Waals surface area contributed by atoms with E-state index in [1.165, 1.54) is 6.20 Å². The zero-order valence-electron chi connectivity index (χ0n) is 9.88. The van der Waals surface area contributed by atoms with E-state index in [0.717, 1.165) is 5.56 Å². The molecule has 98 valence electrons. The minimum Gasteiger partial charge on any atom is -0.480 e. The molecule has 1 aromatic rings. The van der Waals surface area contributed by atoms with Crippen LogP contribution in [0.25, 0.3) is 0 Å². The minimum atomic E-state index is -1.19. The number of nitrogens with one attached hydrogen (secondary N) is 2. The first-order valence-corrected chi connectivity index (χ1v) is 5.36. The Kier molecular flexibility index (Phi) is 5.06. The highest BCUT2D eigenvalue weighted by Crippen LogP contribution is 2.10. The number of anilines is 1. The molecule has 0 spiro atoms. The number of aromatic nitrogens is 1. The molecule has 0 bridgehead atoms. The third-order valence-electron chi connectivity index (χ3n) is 2.31. The lowest BCUT2D eigenvalue weighted by Crippen LogP contribution is -2.43. The average Bonchev–Trinajstić information content (AvgIpc) is 2.31. The van der Waals surface area contributed by atoms with Crippen LogP contribution < -0.4 is 10.6 Å². The lowest BCUT2D eigenvalue weighted by molar-refractivity contribution is -0.139. The number of aliphatic carboxylic acids is 1. The van der Waals surface area contributed by atoms with Gasteiger partial charge < -0.3 is 20.8 Å². The molecule has 1 atom stereocenters. The quantitative estimate of drug-likeness (QED) is 0.605. The van der Waals surface area contributed by atoms with Crippen molar-refractivity contribution in [2.75, 3.05) is 11.9 Å². The number of hydrogen-bond acceptors (Lipinski definition) is 4. The molecular weight excluding hydrogens is 238 g/mol. The van der Waals surface area contributed by atoms with Crippen LogP contribution in [-0.2, 0) is 4.79 Å². The molecule has 0 aliphatic heterocycles. The van der Waals surface area contributed by atoms with Crippen LogP contribution in [0.1, 0.15) is 12.0 Å². The monoisotopic (exact) mass is 253 g/mol. The zero-order chi connectivity index (χ0) is 13.5. The summed E-state index contributed by atoms with van der Waals surface area (Å²) in [5, 5.41) is 22.2. The van der Waals surface area contributed by atoms with Gasteiger partial charge in [0.2, 0.25) is 0 Å². The number of pyridine rings is 1. The zero-order valence-corrected chi connectivity index (χ0v) is 9.88. The van der Waals surface area contributed by atoms with Crippen molar-refractivity contribution in [3.05, 3.63) is 24.0 Å². The lowest BCUT2D eigenvalue weighted by Gasteiger charge is -2.14. The molecule has 0 radical (unpaired) electrons. The summed E-state index contributed by atoms with van der Waals surface area (Å²) >= 11 is 0. The number of aliphatic hydroxyl groups is 1. The van der Waals surface area contributed by atoms with Crippen LogP contribution in [0.2, 0.25) is 0 Å². The van der Waals surface area contributed by atoms with E-state index >= 15 is 0 Å². The summed E-state index contributed by atoms with van der Waals surface area (Å²) in [6, 6.07) is -0.0446. The second-order valence-corrected chi connectivity index (χ2v) is 3.69. The predicted molar refractivity (Wildman–Crippen MR) is 64.3 cm³/mol. The van der Waals surface area contributed by atoms with Gasteiger partial charge in [-0.1, -0.05) is 0 Å². The van der Waals surface area contributed by atoms with E-state index in [2.05, 4.69) is 15.6 Å². The number of rotatable bonds is 5. The molecule has 1 rings (SSSR count). The van der Waals surface area contributed by atoms with Crippen molar-refractivity contribution >= 4 is 17.7 Å².